The lowest BCUT2D eigenvalue weighted by Gasteiger charge is -2.06. The van der Waals surface area contributed by atoms with Crippen LogP contribution in [0, 0.1) is 5.21 Å². The van der Waals surface area contributed by atoms with E-state index in [9.17, 15) is 5.21 Å². The summed E-state index contributed by atoms with van der Waals surface area (Å²) in [5.41, 5.74) is 1.00. The molecule has 1 aromatic carbocycles. The van der Waals surface area contributed by atoms with Crippen molar-refractivity contribution in [2.24, 2.45) is 0 Å². The van der Waals surface area contributed by atoms with Crippen molar-refractivity contribution in [3.8, 4) is 5.88 Å². The molecule has 0 radical (unpaired) electrons. The monoisotopic (exact) mass is 235 g/mol. The topological polar surface area (TPSA) is 36.2 Å². The second-order valence-electron chi connectivity index (χ2n) is 3.28. The van der Waals surface area contributed by atoms with Gasteiger partial charge in [-0.3, -0.25) is 0 Å². The number of benzene rings is 1. The number of halogens is 1. The van der Waals surface area contributed by atoms with Crippen molar-refractivity contribution >= 4 is 11.6 Å². The normalized spacial score (nSPS) is 10.1. The van der Waals surface area contributed by atoms with Crippen molar-refractivity contribution in [1.82, 2.24) is 0 Å². The molecule has 0 aliphatic carbocycles. The van der Waals surface area contributed by atoms with Crippen molar-refractivity contribution in [3.63, 3.8) is 0 Å². The van der Waals surface area contributed by atoms with Crippen LogP contribution in [0.15, 0.2) is 48.7 Å². The Bertz CT molecular complexity index is 474. The molecule has 0 aliphatic rings. The fourth-order valence-electron chi connectivity index (χ4n) is 1.28. The first-order valence-electron chi connectivity index (χ1n) is 4.81. The molecule has 0 atom stereocenters. The summed E-state index contributed by atoms with van der Waals surface area (Å²) < 4.78 is 6.02. The van der Waals surface area contributed by atoms with Crippen molar-refractivity contribution in [2.45, 2.75) is 6.61 Å². The average molecular weight is 236 g/mol. The van der Waals surface area contributed by atoms with Crippen LogP contribution >= 0.6 is 11.6 Å². The van der Waals surface area contributed by atoms with Crippen LogP contribution in [-0.4, -0.2) is 0 Å². The first-order valence-corrected chi connectivity index (χ1v) is 5.19. The number of aromatic nitrogens is 1. The van der Waals surface area contributed by atoms with Gasteiger partial charge in [-0.05, 0) is 5.56 Å². The SMILES string of the molecule is [O-][n+]1ccc(Cl)cc1OCc1ccccc1. The maximum atomic E-state index is 11.3. The summed E-state index contributed by atoms with van der Waals surface area (Å²) in [6.07, 6.45) is 1.32. The van der Waals surface area contributed by atoms with E-state index in [0.29, 0.717) is 16.4 Å². The Morgan fingerprint density at radius 3 is 2.69 bits per heavy atom. The first kappa shape index (κ1) is 10.8. The van der Waals surface area contributed by atoms with Crippen LogP contribution in [0.4, 0.5) is 0 Å². The Morgan fingerprint density at radius 2 is 1.94 bits per heavy atom. The molecule has 2 rings (SSSR count). The zero-order chi connectivity index (χ0) is 11.4. The molecule has 0 amide bonds. The maximum absolute atomic E-state index is 11.3. The Morgan fingerprint density at radius 1 is 1.19 bits per heavy atom. The van der Waals surface area contributed by atoms with Gasteiger partial charge < -0.3 is 9.94 Å². The largest absolute Gasteiger partial charge is 0.616 e. The van der Waals surface area contributed by atoms with Gasteiger partial charge in [0, 0.05) is 6.07 Å². The van der Waals surface area contributed by atoms with Crippen molar-refractivity contribution < 1.29 is 9.47 Å². The molecule has 0 saturated heterocycles. The third-order valence-electron chi connectivity index (χ3n) is 2.08. The lowest BCUT2D eigenvalue weighted by Crippen LogP contribution is -2.28. The van der Waals surface area contributed by atoms with E-state index in [1.807, 2.05) is 30.3 Å². The molecule has 3 nitrogen and oxygen atoms in total. The molecule has 0 N–H and O–H groups in total. The molecule has 0 saturated carbocycles. The lowest BCUT2D eigenvalue weighted by atomic mass is 10.2. The highest BCUT2D eigenvalue weighted by Gasteiger charge is 2.07. The summed E-state index contributed by atoms with van der Waals surface area (Å²) >= 11 is 5.77. The highest BCUT2D eigenvalue weighted by molar-refractivity contribution is 6.30. The fraction of sp³-hybridized carbons (Fsp3) is 0.0833. The molecule has 0 aliphatic heterocycles. The van der Waals surface area contributed by atoms with Crippen LogP contribution in [0.2, 0.25) is 5.02 Å². The van der Waals surface area contributed by atoms with Crippen molar-refractivity contribution in [3.05, 3.63) is 64.5 Å². The summed E-state index contributed by atoms with van der Waals surface area (Å²) in [4.78, 5) is 0. The second kappa shape index (κ2) is 4.86. The minimum Gasteiger partial charge on any atom is -0.616 e. The van der Waals surface area contributed by atoms with Gasteiger partial charge in [0.1, 0.15) is 6.61 Å². The van der Waals surface area contributed by atoms with Gasteiger partial charge in [-0.2, -0.15) is 0 Å². The van der Waals surface area contributed by atoms with Crippen LogP contribution < -0.4 is 9.47 Å². The third-order valence-corrected chi connectivity index (χ3v) is 2.31. The van der Waals surface area contributed by atoms with Gasteiger partial charge >= 0.3 is 5.88 Å². The highest BCUT2D eigenvalue weighted by Crippen LogP contribution is 2.13. The van der Waals surface area contributed by atoms with Crippen molar-refractivity contribution in [1.29, 1.82) is 0 Å². The second-order valence-corrected chi connectivity index (χ2v) is 3.72. The Labute approximate surface area is 98.4 Å². The molecular weight excluding hydrogens is 226 g/mol. The molecule has 4 heteroatoms. The molecule has 0 unspecified atom stereocenters. The molecule has 0 spiro atoms. The minimum atomic E-state index is 0.205. The fourth-order valence-corrected chi connectivity index (χ4v) is 1.43. The zero-order valence-electron chi connectivity index (χ0n) is 8.47. The molecule has 82 valence electrons. The molecule has 2 aromatic rings. The van der Waals surface area contributed by atoms with Gasteiger partial charge in [0.05, 0.1) is 11.1 Å². The quantitative estimate of drug-likeness (QED) is 0.606. The summed E-state index contributed by atoms with van der Waals surface area (Å²) in [6.45, 7) is 0.351. The van der Waals surface area contributed by atoms with E-state index >= 15 is 0 Å². The van der Waals surface area contributed by atoms with Crippen LogP contribution in [0.1, 0.15) is 5.56 Å². The Hall–Kier alpha value is -1.74. The number of pyridine rings is 1. The van der Waals surface area contributed by atoms with E-state index in [-0.39, 0.29) is 5.88 Å². The van der Waals surface area contributed by atoms with E-state index in [2.05, 4.69) is 0 Å². The number of nitrogens with zero attached hydrogens (tertiary/aromatic N) is 1. The van der Waals surface area contributed by atoms with Gasteiger partial charge in [0.15, 0.2) is 6.20 Å². The highest BCUT2D eigenvalue weighted by atomic mass is 35.5. The van der Waals surface area contributed by atoms with Gasteiger partial charge in [-0.15, -0.1) is 4.73 Å². The zero-order valence-corrected chi connectivity index (χ0v) is 9.22. The van der Waals surface area contributed by atoms with Crippen LogP contribution in [0.3, 0.4) is 0 Å². The molecular formula is C12H10ClNO2. The number of hydrogen-bond donors (Lipinski definition) is 0. The number of rotatable bonds is 3. The van der Waals surface area contributed by atoms with Gasteiger partial charge in [-0.25, -0.2) is 0 Å². The van der Waals surface area contributed by atoms with Gasteiger partial charge in [-0.1, -0.05) is 41.9 Å². The smallest absolute Gasteiger partial charge is 0.381 e. The molecule has 1 aromatic heterocycles. The van der Waals surface area contributed by atoms with E-state index in [1.165, 1.54) is 18.3 Å². The molecule has 0 fully saturated rings. The van der Waals surface area contributed by atoms with E-state index in [1.54, 1.807) is 0 Å². The molecule has 16 heavy (non-hydrogen) atoms. The van der Waals surface area contributed by atoms with Gasteiger partial charge in [0.2, 0.25) is 0 Å². The Kier molecular flexibility index (Phi) is 3.27. The minimum absolute atomic E-state index is 0.205. The number of ether oxygens (including phenoxy) is 1. The summed E-state index contributed by atoms with van der Waals surface area (Å²) in [6, 6.07) is 12.6. The van der Waals surface area contributed by atoms with E-state index in [0.717, 1.165) is 5.56 Å². The molecule has 0 bridgehead atoms. The summed E-state index contributed by atoms with van der Waals surface area (Å²) in [5, 5.41) is 11.8. The summed E-state index contributed by atoms with van der Waals surface area (Å²) in [5.74, 6) is 0.205. The van der Waals surface area contributed by atoms with E-state index < -0.39 is 0 Å². The maximum Gasteiger partial charge on any atom is 0.381 e. The van der Waals surface area contributed by atoms with Gasteiger partial charge in [0.25, 0.3) is 0 Å². The Balaban J connectivity index is 2.08. The predicted molar refractivity (Wildman–Crippen MR) is 61.2 cm³/mol. The predicted octanol–water partition coefficient (Wildman–Crippen LogP) is 2.55. The van der Waals surface area contributed by atoms with Crippen LogP contribution in [-0.2, 0) is 6.61 Å². The average Bonchev–Trinajstić information content (AvgIpc) is 2.32. The van der Waals surface area contributed by atoms with Crippen LogP contribution in [0.25, 0.3) is 0 Å². The standard InChI is InChI=1S/C12H10ClNO2/c13-11-6-7-14(15)12(8-11)16-9-10-4-2-1-3-5-10/h1-8H,9H2. The third kappa shape index (κ3) is 2.64. The lowest BCUT2D eigenvalue weighted by molar-refractivity contribution is -0.613. The van der Waals surface area contributed by atoms with Crippen molar-refractivity contribution in [2.75, 3.05) is 0 Å². The first-order chi connectivity index (χ1) is 7.75. The van der Waals surface area contributed by atoms with Crippen LogP contribution in [0.5, 0.6) is 5.88 Å². The number of hydrogen-bond acceptors (Lipinski definition) is 2. The molecule has 1 heterocycles. The van der Waals surface area contributed by atoms with E-state index in [4.69, 9.17) is 16.3 Å². The summed E-state index contributed by atoms with van der Waals surface area (Å²) in [7, 11) is 0.